The molecule has 3 heteroatoms. The Morgan fingerprint density at radius 3 is 2.41 bits per heavy atom. The topological polar surface area (TPSA) is 18.5 Å². The van der Waals surface area contributed by atoms with Crippen LogP contribution in [0.4, 0.5) is 0 Å². The van der Waals surface area contributed by atoms with Gasteiger partial charge >= 0.3 is 9.28 Å². The van der Waals surface area contributed by atoms with Crippen molar-refractivity contribution in [2.24, 2.45) is 5.92 Å². The van der Waals surface area contributed by atoms with Gasteiger partial charge in [-0.15, -0.1) is 0 Å². The molecule has 0 radical (unpaired) electrons. The van der Waals surface area contributed by atoms with Crippen LogP contribution in [0.3, 0.4) is 0 Å². The van der Waals surface area contributed by atoms with Gasteiger partial charge in [0.05, 0.1) is 6.61 Å². The molecule has 1 unspecified atom stereocenters. The summed E-state index contributed by atoms with van der Waals surface area (Å²) in [6, 6.07) is 0. The summed E-state index contributed by atoms with van der Waals surface area (Å²) in [5, 5.41) is 0. The number of allylic oxidation sites excluding steroid dienone is 1. The summed E-state index contributed by atoms with van der Waals surface area (Å²) in [7, 11) is -1.36. The van der Waals surface area contributed by atoms with Gasteiger partial charge in [-0.2, -0.15) is 0 Å². The molecule has 2 nitrogen and oxygen atoms in total. The smallest absolute Gasteiger partial charge is 0.324 e. The fourth-order valence-electron chi connectivity index (χ4n) is 2.74. The van der Waals surface area contributed by atoms with Crippen molar-refractivity contribution in [1.29, 1.82) is 0 Å². The zero-order valence-electron chi connectivity index (χ0n) is 11.1. The molecule has 2 aliphatic rings. The number of hydrogen-bond acceptors (Lipinski definition) is 2. The highest BCUT2D eigenvalue weighted by atomic mass is 28.3. The van der Waals surface area contributed by atoms with E-state index >= 15 is 0 Å². The van der Waals surface area contributed by atoms with Crippen LogP contribution >= 0.6 is 0 Å². The molecule has 0 aromatic heterocycles. The Morgan fingerprint density at radius 1 is 1.06 bits per heavy atom. The molecule has 0 aromatic carbocycles. The molecule has 0 bridgehead atoms. The molecule has 17 heavy (non-hydrogen) atoms. The second-order valence-corrected chi connectivity index (χ2v) is 7.67. The molecule has 2 aliphatic carbocycles. The van der Waals surface area contributed by atoms with Gasteiger partial charge in [-0.25, -0.2) is 0 Å². The first-order valence-corrected chi connectivity index (χ1v) is 8.91. The molecule has 0 aliphatic heterocycles. The van der Waals surface area contributed by atoms with Crippen molar-refractivity contribution < 1.29 is 8.85 Å². The van der Waals surface area contributed by atoms with Gasteiger partial charge in [-0.3, -0.25) is 0 Å². The molecular weight excluding hydrogens is 228 g/mol. The third kappa shape index (κ3) is 4.23. The zero-order valence-corrected chi connectivity index (χ0v) is 12.2. The van der Waals surface area contributed by atoms with Crippen LogP contribution in [-0.4, -0.2) is 22.5 Å². The Hall–Kier alpha value is -0.123. The van der Waals surface area contributed by atoms with Crippen molar-refractivity contribution >= 4 is 9.28 Å². The molecule has 0 aromatic rings. The molecular formula is C14H26O2Si. The maximum atomic E-state index is 5.98. The molecule has 2 saturated carbocycles. The van der Waals surface area contributed by atoms with Gasteiger partial charge in [0.15, 0.2) is 0 Å². The highest BCUT2D eigenvalue weighted by Gasteiger charge is 2.30. The van der Waals surface area contributed by atoms with Crippen molar-refractivity contribution in [2.75, 3.05) is 13.2 Å². The summed E-state index contributed by atoms with van der Waals surface area (Å²) in [6.45, 7) is 3.68. The minimum Gasteiger partial charge on any atom is -0.397 e. The summed E-state index contributed by atoms with van der Waals surface area (Å²) >= 11 is 0. The van der Waals surface area contributed by atoms with Gasteiger partial charge in [0, 0.05) is 6.61 Å². The van der Waals surface area contributed by atoms with Crippen LogP contribution in [0, 0.1) is 5.92 Å². The average molecular weight is 254 g/mol. The Kier molecular flexibility index (Phi) is 5.75. The van der Waals surface area contributed by atoms with Crippen LogP contribution in [0.15, 0.2) is 12.2 Å². The highest BCUT2D eigenvalue weighted by molar-refractivity contribution is 6.46. The second kappa shape index (κ2) is 7.34. The van der Waals surface area contributed by atoms with E-state index in [9.17, 15) is 0 Å². The van der Waals surface area contributed by atoms with E-state index in [4.69, 9.17) is 8.85 Å². The first kappa shape index (κ1) is 13.3. The van der Waals surface area contributed by atoms with Crippen molar-refractivity contribution in [3.05, 3.63) is 12.2 Å². The monoisotopic (exact) mass is 254 g/mol. The van der Waals surface area contributed by atoms with Gasteiger partial charge < -0.3 is 8.85 Å². The van der Waals surface area contributed by atoms with Crippen LogP contribution in [0.25, 0.3) is 0 Å². The standard InChI is InChI=1S/C14H26O2Si/c1-2-15-17(14-10-5-11-14)16-12-6-9-13-7-3-4-8-13/h6,9,13-14,17H,2-5,7-8,10-12H2,1H3. The predicted octanol–water partition coefficient (Wildman–Crippen LogP) is 3.56. The SMILES string of the molecule is CCO[SiH](OCC=CC1CCCC1)C1CCC1. The van der Waals surface area contributed by atoms with E-state index in [1.54, 1.807) is 0 Å². The van der Waals surface area contributed by atoms with Gasteiger partial charge in [-0.1, -0.05) is 31.4 Å². The van der Waals surface area contributed by atoms with Gasteiger partial charge in [-0.05, 0) is 44.1 Å². The minimum atomic E-state index is -1.36. The third-order valence-electron chi connectivity index (χ3n) is 4.03. The van der Waals surface area contributed by atoms with Crippen LogP contribution < -0.4 is 0 Å². The normalized spacial score (nSPS) is 24.3. The van der Waals surface area contributed by atoms with Crippen molar-refractivity contribution in [3.63, 3.8) is 0 Å². The van der Waals surface area contributed by atoms with Crippen LogP contribution in [0.2, 0.25) is 5.54 Å². The Balaban J connectivity index is 1.63. The molecule has 0 spiro atoms. The number of hydrogen-bond donors (Lipinski definition) is 0. The molecule has 0 saturated heterocycles. The van der Waals surface area contributed by atoms with E-state index in [1.165, 1.54) is 44.9 Å². The third-order valence-corrected chi connectivity index (χ3v) is 6.65. The van der Waals surface area contributed by atoms with E-state index in [2.05, 4.69) is 19.1 Å². The Morgan fingerprint density at radius 2 is 1.82 bits per heavy atom. The summed E-state index contributed by atoms with van der Waals surface area (Å²) in [5.74, 6) is 0.828. The van der Waals surface area contributed by atoms with Gasteiger partial charge in [0.1, 0.15) is 0 Å². The van der Waals surface area contributed by atoms with Crippen molar-refractivity contribution in [1.82, 2.24) is 0 Å². The quantitative estimate of drug-likeness (QED) is 0.511. The lowest BCUT2D eigenvalue weighted by Crippen LogP contribution is -2.33. The molecule has 98 valence electrons. The second-order valence-electron chi connectivity index (χ2n) is 5.32. The molecule has 2 fully saturated rings. The maximum Gasteiger partial charge on any atom is 0.324 e. The molecule has 0 amide bonds. The van der Waals surface area contributed by atoms with Crippen LogP contribution in [0.1, 0.15) is 51.9 Å². The first-order valence-electron chi connectivity index (χ1n) is 7.30. The van der Waals surface area contributed by atoms with E-state index in [-0.39, 0.29) is 0 Å². The first-order chi connectivity index (χ1) is 8.40. The van der Waals surface area contributed by atoms with E-state index < -0.39 is 9.28 Å². The van der Waals surface area contributed by atoms with Gasteiger partial charge in [0.2, 0.25) is 0 Å². The lowest BCUT2D eigenvalue weighted by Gasteiger charge is -2.31. The summed E-state index contributed by atoms with van der Waals surface area (Å²) in [5.41, 5.74) is 0.787. The zero-order chi connectivity index (χ0) is 11.9. The van der Waals surface area contributed by atoms with E-state index in [1.807, 2.05) is 0 Å². The van der Waals surface area contributed by atoms with Crippen molar-refractivity contribution in [3.8, 4) is 0 Å². The van der Waals surface area contributed by atoms with Crippen LogP contribution in [-0.2, 0) is 8.85 Å². The Bertz CT molecular complexity index is 232. The maximum absolute atomic E-state index is 5.98. The Labute approximate surface area is 107 Å². The molecule has 0 N–H and O–H groups in total. The van der Waals surface area contributed by atoms with E-state index in [0.29, 0.717) is 0 Å². The van der Waals surface area contributed by atoms with E-state index in [0.717, 1.165) is 24.7 Å². The highest BCUT2D eigenvalue weighted by Crippen LogP contribution is 2.35. The molecule has 1 atom stereocenters. The minimum absolute atomic E-state index is 0.782. The summed E-state index contributed by atoms with van der Waals surface area (Å²) in [6.07, 6.45) is 14.2. The fraction of sp³-hybridized carbons (Fsp3) is 0.857. The predicted molar refractivity (Wildman–Crippen MR) is 73.4 cm³/mol. The van der Waals surface area contributed by atoms with Gasteiger partial charge in [0.25, 0.3) is 0 Å². The number of rotatable bonds is 7. The average Bonchev–Trinajstić information content (AvgIpc) is 2.75. The lowest BCUT2D eigenvalue weighted by molar-refractivity contribution is 0.197. The van der Waals surface area contributed by atoms with Crippen molar-refractivity contribution in [2.45, 2.75) is 57.4 Å². The largest absolute Gasteiger partial charge is 0.397 e. The molecule has 0 heterocycles. The lowest BCUT2D eigenvalue weighted by atomic mass is 10.00. The fourth-order valence-corrected chi connectivity index (χ4v) is 5.03. The summed E-state index contributed by atoms with van der Waals surface area (Å²) < 4.78 is 11.8. The summed E-state index contributed by atoms with van der Waals surface area (Å²) in [4.78, 5) is 0. The van der Waals surface area contributed by atoms with Crippen LogP contribution in [0.5, 0.6) is 0 Å². The molecule has 2 rings (SSSR count).